The van der Waals surface area contributed by atoms with Gasteiger partial charge in [0.05, 0.1) is 7.11 Å². The fraction of sp³-hybridized carbons (Fsp3) is 0.176. The van der Waals surface area contributed by atoms with E-state index < -0.39 is 0 Å². The molecule has 0 saturated heterocycles. The highest BCUT2D eigenvalue weighted by Crippen LogP contribution is 2.37. The van der Waals surface area contributed by atoms with Crippen molar-refractivity contribution < 1.29 is 19.7 Å². The molecule has 0 spiro atoms. The van der Waals surface area contributed by atoms with Gasteiger partial charge in [-0.05, 0) is 41.8 Å². The molecule has 108 valence electrons. The third kappa shape index (κ3) is 2.79. The third-order valence-electron chi connectivity index (χ3n) is 3.45. The van der Waals surface area contributed by atoms with E-state index in [2.05, 4.69) is 0 Å². The minimum Gasteiger partial charge on any atom is -0.508 e. The summed E-state index contributed by atoms with van der Waals surface area (Å²) in [6, 6.07) is 10.4. The molecule has 1 aliphatic rings. The topological polar surface area (TPSA) is 58.9 Å². The van der Waals surface area contributed by atoms with E-state index >= 15 is 0 Å². The maximum absolute atomic E-state index is 9.84. The molecule has 0 aliphatic carbocycles. The molecule has 0 aromatic heterocycles. The standard InChI is InChI=1S/C17H16O4/c1-20-17-9-16-13(8-15(17)19)7-12(10-21-16)6-11-2-4-14(18)5-3-11/h2-5,7-9,18-19H,6,10H2,1H3. The smallest absolute Gasteiger partial charge is 0.164 e. The van der Waals surface area contributed by atoms with Gasteiger partial charge in [-0.25, -0.2) is 0 Å². The van der Waals surface area contributed by atoms with Crippen molar-refractivity contribution in [1.29, 1.82) is 0 Å². The Morgan fingerprint density at radius 2 is 1.90 bits per heavy atom. The molecule has 2 aromatic carbocycles. The van der Waals surface area contributed by atoms with E-state index in [-0.39, 0.29) is 11.5 Å². The summed E-state index contributed by atoms with van der Waals surface area (Å²) in [4.78, 5) is 0. The van der Waals surface area contributed by atoms with Crippen molar-refractivity contribution in [2.75, 3.05) is 13.7 Å². The first kappa shape index (κ1) is 13.4. The Morgan fingerprint density at radius 3 is 2.62 bits per heavy atom. The normalized spacial score (nSPS) is 13.1. The summed E-state index contributed by atoms with van der Waals surface area (Å²) >= 11 is 0. The van der Waals surface area contributed by atoms with E-state index in [1.54, 1.807) is 24.3 Å². The van der Waals surface area contributed by atoms with Crippen LogP contribution in [0.2, 0.25) is 0 Å². The van der Waals surface area contributed by atoms with Crippen molar-refractivity contribution in [1.82, 2.24) is 0 Å². The van der Waals surface area contributed by atoms with Crippen LogP contribution in [0.15, 0.2) is 42.0 Å². The van der Waals surface area contributed by atoms with Gasteiger partial charge in [0.2, 0.25) is 0 Å². The zero-order valence-electron chi connectivity index (χ0n) is 11.7. The number of aromatic hydroxyl groups is 2. The van der Waals surface area contributed by atoms with Gasteiger partial charge in [-0.3, -0.25) is 0 Å². The highest BCUT2D eigenvalue weighted by Gasteiger charge is 2.15. The summed E-state index contributed by atoms with van der Waals surface area (Å²) in [5.74, 6) is 1.47. The summed E-state index contributed by atoms with van der Waals surface area (Å²) in [6.45, 7) is 0.502. The molecule has 2 aromatic rings. The van der Waals surface area contributed by atoms with Crippen LogP contribution >= 0.6 is 0 Å². The number of ether oxygens (including phenoxy) is 2. The molecular formula is C17H16O4. The van der Waals surface area contributed by atoms with E-state index in [9.17, 15) is 10.2 Å². The average molecular weight is 284 g/mol. The van der Waals surface area contributed by atoms with Crippen LogP contribution in [-0.4, -0.2) is 23.9 Å². The number of methoxy groups -OCH3 is 1. The first-order valence-electron chi connectivity index (χ1n) is 6.67. The van der Waals surface area contributed by atoms with Crippen LogP contribution in [0.5, 0.6) is 23.0 Å². The van der Waals surface area contributed by atoms with Gasteiger partial charge in [-0.1, -0.05) is 12.1 Å². The Hall–Kier alpha value is -2.62. The lowest BCUT2D eigenvalue weighted by Crippen LogP contribution is -2.09. The summed E-state index contributed by atoms with van der Waals surface area (Å²) in [6.07, 6.45) is 2.76. The molecule has 21 heavy (non-hydrogen) atoms. The van der Waals surface area contributed by atoms with E-state index in [1.807, 2.05) is 18.2 Å². The molecule has 1 aliphatic heterocycles. The van der Waals surface area contributed by atoms with Gasteiger partial charge in [-0.15, -0.1) is 0 Å². The largest absolute Gasteiger partial charge is 0.508 e. The number of hydrogen-bond acceptors (Lipinski definition) is 4. The molecule has 0 atom stereocenters. The fourth-order valence-corrected chi connectivity index (χ4v) is 2.38. The second kappa shape index (κ2) is 5.40. The molecule has 1 heterocycles. The van der Waals surface area contributed by atoms with Gasteiger partial charge < -0.3 is 19.7 Å². The zero-order valence-corrected chi connectivity index (χ0v) is 11.7. The van der Waals surface area contributed by atoms with Gasteiger partial charge >= 0.3 is 0 Å². The Labute approximate surface area is 122 Å². The molecule has 4 heteroatoms. The maximum Gasteiger partial charge on any atom is 0.164 e. The van der Waals surface area contributed by atoms with E-state index in [1.165, 1.54) is 7.11 Å². The molecule has 0 radical (unpaired) electrons. The molecule has 0 unspecified atom stereocenters. The molecule has 3 rings (SSSR count). The van der Waals surface area contributed by atoms with Crippen molar-refractivity contribution in [3.63, 3.8) is 0 Å². The van der Waals surface area contributed by atoms with Gasteiger partial charge in [-0.2, -0.15) is 0 Å². The summed E-state index contributed by atoms with van der Waals surface area (Å²) < 4.78 is 10.8. The van der Waals surface area contributed by atoms with Crippen LogP contribution < -0.4 is 9.47 Å². The predicted molar refractivity (Wildman–Crippen MR) is 79.9 cm³/mol. The van der Waals surface area contributed by atoms with Crippen LogP contribution in [0.3, 0.4) is 0 Å². The minimum absolute atomic E-state index is 0.0991. The van der Waals surface area contributed by atoms with Crippen LogP contribution in [0.1, 0.15) is 11.1 Å². The highest BCUT2D eigenvalue weighted by atomic mass is 16.5. The molecule has 0 bridgehead atoms. The Bertz CT molecular complexity index is 687. The molecule has 2 N–H and O–H groups in total. The Balaban J connectivity index is 1.86. The lowest BCUT2D eigenvalue weighted by atomic mass is 10.0. The maximum atomic E-state index is 9.84. The summed E-state index contributed by atoms with van der Waals surface area (Å²) in [5.41, 5.74) is 3.05. The monoisotopic (exact) mass is 284 g/mol. The second-order valence-corrected chi connectivity index (χ2v) is 5.00. The summed E-state index contributed by atoms with van der Waals surface area (Å²) in [7, 11) is 1.51. The Morgan fingerprint density at radius 1 is 1.14 bits per heavy atom. The lowest BCUT2D eigenvalue weighted by Gasteiger charge is -2.19. The third-order valence-corrected chi connectivity index (χ3v) is 3.45. The number of fused-ring (bicyclic) bond motifs is 1. The number of phenols is 2. The number of rotatable bonds is 3. The van der Waals surface area contributed by atoms with Crippen LogP contribution in [0.25, 0.3) is 6.08 Å². The predicted octanol–water partition coefficient (Wildman–Crippen LogP) is 3.12. The van der Waals surface area contributed by atoms with Crippen molar-refractivity contribution in [3.8, 4) is 23.0 Å². The highest BCUT2D eigenvalue weighted by molar-refractivity contribution is 5.67. The SMILES string of the molecule is COc1cc2c(cc1O)C=C(Cc1ccc(O)cc1)CO2. The second-order valence-electron chi connectivity index (χ2n) is 5.00. The summed E-state index contributed by atoms with van der Waals surface area (Å²) in [5, 5.41) is 19.1. The number of benzene rings is 2. The quantitative estimate of drug-likeness (QED) is 0.909. The van der Waals surface area contributed by atoms with E-state index in [4.69, 9.17) is 9.47 Å². The van der Waals surface area contributed by atoms with Gasteiger partial charge in [0.15, 0.2) is 11.5 Å². The van der Waals surface area contributed by atoms with Crippen LogP contribution in [-0.2, 0) is 6.42 Å². The van der Waals surface area contributed by atoms with Gasteiger partial charge in [0, 0.05) is 11.6 Å². The Kier molecular flexibility index (Phi) is 3.44. The van der Waals surface area contributed by atoms with Gasteiger partial charge in [0.1, 0.15) is 18.1 Å². The molecule has 0 saturated carbocycles. The van der Waals surface area contributed by atoms with E-state index in [0.29, 0.717) is 18.1 Å². The van der Waals surface area contributed by atoms with Crippen molar-refractivity contribution >= 4 is 6.08 Å². The first-order chi connectivity index (χ1) is 10.2. The number of hydrogen-bond donors (Lipinski definition) is 2. The lowest BCUT2D eigenvalue weighted by molar-refractivity contribution is 0.333. The van der Waals surface area contributed by atoms with Crippen molar-refractivity contribution in [2.45, 2.75) is 6.42 Å². The number of phenolic OH excluding ortho intramolecular Hbond substituents is 2. The molecule has 0 amide bonds. The fourth-order valence-electron chi connectivity index (χ4n) is 2.38. The minimum atomic E-state index is 0.0991. The van der Waals surface area contributed by atoms with Crippen LogP contribution in [0, 0.1) is 0 Å². The van der Waals surface area contributed by atoms with Gasteiger partial charge in [0.25, 0.3) is 0 Å². The van der Waals surface area contributed by atoms with Crippen LogP contribution in [0.4, 0.5) is 0 Å². The van der Waals surface area contributed by atoms with Crippen molar-refractivity contribution in [3.05, 3.63) is 53.1 Å². The molecule has 0 fully saturated rings. The van der Waals surface area contributed by atoms with E-state index in [0.717, 1.165) is 23.1 Å². The first-order valence-corrected chi connectivity index (χ1v) is 6.67. The zero-order chi connectivity index (χ0) is 14.8. The van der Waals surface area contributed by atoms with Crippen molar-refractivity contribution in [2.24, 2.45) is 0 Å². The average Bonchev–Trinajstić information content (AvgIpc) is 2.49. The molecule has 4 nitrogen and oxygen atoms in total. The molecular weight excluding hydrogens is 268 g/mol.